The van der Waals surface area contributed by atoms with Crippen LogP contribution in [-0.4, -0.2) is 29.8 Å². The summed E-state index contributed by atoms with van der Waals surface area (Å²) in [6.07, 6.45) is 1.12. The van der Waals surface area contributed by atoms with Crippen molar-refractivity contribution in [3.8, 4) is 0 Å². The molecule has 0 aromatic heterocycles. The zero-order chi connectivity index (χ0) is 7.28. The monoisotopic (exact) mass is 130 g/mol. The molecule has 0 spiro atoms. The smallest absolute Gasteiger partial charge is 0.262 e. The molecule has 0 radical (unpaired) electrons. The summed E-state index contributed by atoms with van der Waals surface area (Å²) in [4.78, 5) is 10.6. The summed E-state index contributed by atoms with van der Waals surface area (Å²) in [6.45, 7) is 2.89. The fraction of sp³-hybridized carbons (Fsp3) is 0.400. The van der Waals surface area contributed by atoms with Crippen molar-refractivity contribution in [2.45, 2.75) is 0 Å². The Labute approximate surface area is 53.7 Å². The van der Waals surface area contributed by atoms with Gasteiger partial charge < -0.3 is 5.11 Å². The largest absolute Gasteiger partial charge is 0.375 e. The second-order valence-electron chi connectivity index (χ2n) is 1.34. The number of rotatable bonds is 3. The lowest BCUT2D eigenvalue weighted by atomic mass is 10.6. The molecule has 4 heteroatoms. The van der Waals surface area contributed by atoms with E-state index in [1.165, 1.54) is 7.05 Å². The van der Waals surface area contributed by atoms with Gasteiger partial charge in [-0.2, -0.15) is 0 Å². The van der Waals surface area contributed by atoms with Crippen LogP contribution in [0.25, 0.3) is 0 Å². The predicted molar refractivity (Wildman–Crippen MR) is 33.2 cm³/mol. The lowest BCUT2D eigenvalue weighted by Crippen LogP contribution is -2.39. The highest BCUT2D eigenvalue weighted by molar-refractivity contribution is 5.86. The zero-order valence-electron chi connectivity index (χ0n) is 5.29. The highest BCUT2D eigenvalue weighted by Gasteiger charge is 2.02. The minimum Gasteiger partial charge on any atom is -0.375 e. The Morgan fingerprint density at radius 1 is 2.00 bits per heavy atom. The number of aliphatic hydroxyl groups is 1. The maximum absolute atomic E-state index is 10.6. The maximum Gasteiger partial charge on any atom is 0.262 e. The van der Waals surface area contributed by atoms with Gasteiger partial charge in [0.15, 0.2) is 0 Å². The molecule has 0 aliphatic heterocycles. The average molecular weight is 130 g/mol. The molecule has 0 fully saturated rings. The van der Waals surface area contributed by atoms with Crippen LogP contribution in [0.2, 0.25) is 0 Å². The van der Waals surface area contributed by atoms with Crippen molar-refractivity contribution in [1.82, 2.24) is 10.4 Å². The van der Waals surface area contributed by atoms with Gasteiger partial charge in [-0.1, -0.05) is 6.58 Å². The summed E-state index contributed by atoms with van der Waals surface area (Å²) in [5, 5.41) is 9.44. The Kier molecular flexibility index (Phi) is 3.66. The van der Waals surface area contributed by atoms with Gasteiger partial charge in [-0.3, -0.25) is 4.79 Å². The second kappa shape index (κ2) is 4.05. The maximum atomic E-state index is 10.6. The van der Waals surface area contributed by atoms with Crippen LogP contribution in [0.4, 0.5) is 0 Å². The number of nitrogens with one attached hydrogen (secondary N) is 1. The molecule has 0 aromatic rings. The molecule has 4 nitrogen and oxygen atoms in total. The molecule has 0 saturated heterocycles. The SMILES string of the molecule is C=CC(=O)N(CO)NC. The number of carbonyl (C=O) groups excluding carboxylic acids is 1. The van der Waals surface area contributed by atoms with Crippen LogP contribution in [0.15, 0.2) is 12.7 Å². The molecule has 9 heavy (non-hydrogen) atoms. The van der Waals surface area contributed by atoms with Crippen molar-refractivity contribution in [2.24, 2.45) is 0 Å². The third kappa shape index (κ3) is 2.25. The van der Waals surface area contributed by atoms with E-state index in [9.17, 15) is 4.79 Å². The number of hydrogen-bond donors (Lipinski definition) is 2. The summed E-state index contributed by atoms with van der Waals surface area (Å²) < 4.78 is 0. The molecule has 0 aromatic carbocycles. The first-order valence-electron chi connectivity index (χ1n) is 2.48. The van der Waals surface area contributed by atoms with Gasteiger partial charge in [0.05, 0.1) is 0 Å². The van der Waals surface area contributed by atoms with Crippen LogP contribution in [0, 0.1) is 0 Å². The molecule has 0 heterocycles. The first-order valence-corrected chi connectivity index (χ1v) is 2.48. The Morgan fingerprint density at radius 2 is 2.56 bits per heavy atom. The Hall–Kier alpha value is -0.870. The Balaban J connectivity index is 3.78. The fourth-order valence-corrected chi connectivity index (χ4v) is 0.361. The molecule has 0 aliphatic carbocycles. The van der Waals surface area contributed by atoms with Gasteiger partial charge in [-0.05, 0) is 6.08 Å². The van der Waals surface area contributed by atoms with E-state index in [1.54, 1.807) is 0 Å². The lowest BCUT2D eigenvalue weighted by Gasteiger charge is -2.14. The molecule has 0 atom stereocenters. The summed E-state index contributed by atoms with van der Waals surface area (Å²) >= 11 is 0. The third-order valence-electron chi connectivity index (χ3n) is 0.852. The van der Waals surface area contributed by atoms with E-state index in [0.717, 1.165) is 11.1 Å². The normalized spacial score (nSPS) is 8.67. The summed E-state index contributed by atoms with van der Waals surface area (Å²) in [7, 11) is 1.54. The highest BCUT2D eigenvalue weighted by atomic mass is 16.3. The van der Waals surface area contributed by atoms with E-state index in [4.69, 9.17) is 5.11 Å². The highest BCUT2D eigenvalue weighted by Crippen LogP contribution is 1.79. The Bertz CT molecular complexity index is 110. The number of aliphatic hydroxyl groups excluding tert-OH is 1. The van der Waals surface area contributed by atoms with E-state index in [0.29, 0.717) is 0 Å². The lowest BCUT2D eigenvalue weighted by molar-refractivity contribution is -0.132. The first-order chi connectivity index (χ1) is 4.26. The minimum absolute atomic E-state index is 0.346. The van der Waals surface area contributed by atoms with E-state index in [2.05, 4.69) is 12.0 Å². The van der Waals surface area contributed by atoms with Crippen molar-refractivity contribution < 1.29 is 9.90 Å². The van der Waals surface area contributed by atoms with Crippen molar-refractivity contribution >= 4 is 5.91 Å². The van der Waals surface area contributed by atoms with E-state index in [1.807, 2.05) is 0 Å². The number of hydrogen-bond acceptors (Lipinski definition) is 3. The summed E-state index contributed by atoms with van der Waals surface area (Å²) in [6, 6.07) is 0. The van der Waals surface area contributed by atoms with Gasteiger partial charge in [0.25, 0.3) is 5.91 Å². The molecular formula is C5H10N2O2. The predicted octanol–water partition coefficient (Wildman–Crippen LogP) is -0.915. The molecule has 2 N–H and O–H groups in total. The van der Waals surface area contributed by atoms with Crippen LogP contribution in [-0.2, 0) is 4.79 Å². The van der Waals surface area contributed by atoms with Crippen LogP contribution in [0.1, 0.15) is 0 Å². The standard InChI is InChI=1S/C5H10N2O2/c1-3-5(9)7(4-8)6-2/h3,6,8H,1,4H2,2H3. The number of carbonyl (C=O) groups is 1. The summed E-state index contributed by atoms with van der Waals surface area (Å²) in [5.41, 5.74) is 2.46. The van der Waals surface area contributed by atoms with E-state index < -0.39 is 0 Å². The van der Waals surface area contributed by atoms with Gasteiger partial charge in [-0.25, -0.2) is 10.4 Å². The van der Waals surface area contributed by atoms with Crippen molar-refractivity contribution in [1.29, 1.82) is 0 Å². The van der Waals surface area contributed by atoms with Crippen LogP contribution in [0.5, 0.6) is 0 Å². The van der Waals surface area contributed by atoms with Crippen LogP contribution in [0.3, 0.4) is 0 Å². The van der Waals surface area contributed by atoms with Gasteiger partial charge >= 0.3 is 0 Å². The fourth-order valence-electron chi connectivity index (χ4n) is 0.361. The topological polar surface area (TPSA) is 52.6 Å². The quantitative estimate of drug-likeness (QED) is 0.295. The molecule has 0 aliphatic rings. The molecule has 0 saturated carbocycles. The molecule has 0 unspecified atom stereocenters. The van der Waals surface area contributed by atoms with Gasteiger partial charge in [0.2, 0.25) is 0 Å². The number of hydrazine groups is 1. The van der Waals surface area contributed by atoms with E-state index in [-0.39, 0.29) is 12.6 Å². The van der Waals surface area contributed by atoms with Crippen LogP contribution < -0.4 is 5.43 Å². The zero-order valence-corrected chi connectivity index (χ0v) is 5.29. The number of nitrogens with zero attached hydrogens (tertiary/aromatic N) is 1. The van der Waals surface area contributed by atoms with Crippen molar-refractivity contribution in [3.63, 3.8) is 0 Å². The molecule has 52 valence electrons. The van der Waals surface area contributed by atoms with Crippen LogP contribution >= 0.6 is 0 Å². The van der Waals surface area contributed by atoms with Crippen molar-refractivity contribution in [3.05, 3.63) is 12.7 Å². The molecule has 0 bridgehead atoms. The van der Waals surface area contributed by atoms with Gasteiger partial charge in [-0.15, -0.1) is 0 Å². The van der Waals surface area contributed by atoms with E-state index >= 15 is 0 Å². The molecular weight excluding hydrogens is 120 g/mol. The molecule has 1 amide bonds. The van der Waals surface area contributed by atoms with Gasteiger partial charge in [0, 0.05) is 7.05 Å². The molecule has 0 rings (SSSR count). The minimum atomic E-state index is -0.347. The third-order valence-corrected chi connectivity index (χ3v) is 0.852. The van der Waals surface area contributed by atoms with Crippen molar-refractivity contribution in [2.75, 3.05) is 13.8 Å². The summed E-state index contributed by atoms with van der Waals surface area (Å²) in [5.74, 6) is -0.347. The Morgan fingerprint density at radius 3 is 2.67 bits per heavy atom. The van der Waals surface area contributed by atoms with Gasteiger partial charge in [0.1, 0.15) is 6.73 Å². The number of amides is 1. The second-order valence-corrected chi connectivity index (χ2v) is 1.34. The average Bonchev–Trinajstić information content (AvgIpc) is 1.90. The first kappa shape index (κ1) is 8.13.